The van der Waals surface area contributed by atoms with Gasteiger partial charge in [0.1, 0.15) is 5.52 Å². The lowest BCUT2D eigenvalue weighted by molar-refractivity contribution is 0.623. The molecule has 228 valence electrons. The van der Waals surface area contributed by atoms with Gasteiger partial charge in [-0.2, -0.15) is 0 Å². The van der Waals surface area contributed by atoms with Gasteiger partial charge in [-0.3, -0.25) is 0 Å². The molecule has 1 aromatic heterocycles. The Kier molecular flexibility index (Phi) is 6.22. The zero-order valence-corrected chi connectivity index (χ0v) is 26.6. The third kappa shape index (κ3) is 4.46. The Labute approximate surface area is 283 Å². The molecule has 49 heavy (non-hydrogen) atoms. The maximum Gasteiger partial charge on any atom is 0.227 e. The van der Waals surface area contributed by atoms with Gasteiger partial charge in [-0.25, -0.2) is 4.98 Å². The average molecular weight is 624 g/mol. The van der Waals surface area contributed by atoms with E-state index in [0.29, 0.717) is 5.89 Å². The highest BCUT2D eigenvalue weighted by atomic mass is 16.3. The molecule has 0 unspecified atom stereocenters. The van der Waals surface area contributed by atoms with Crippen LogP contribution in [0.3, 0.4) is 0 Å². The molecule has 0 saturated heterocycles. The molecule has 0 radical (unpaired) electrons. The monoisotopic (exact) mass is 623 g/mol. The first-order chi connectivity index (χ1) is 24.3. The van der Waals surface area contributed by atoms with E-state index in [2.05, 4.69) is 146 Å². The number of hydrogen-bond donors (Lipinski definition) is 0. The first-order valence-electron chi connectivity index (χ1n) is 16.7. The molecule has 0 N–H and O–H groups in total. The topological polar surface area (TPSA) is 26.0 Å². The molecule has 9 aromatic carbocycles. The van der Waals surface area contributed by atoms with Crippen LogP contribution in [0, 0.1) is 0 Å². The summed E-state index contributed by atoms with van der Waals surface area (Å²) in [6.45, 7) is 0. The van der Waals surface area contributed by atoms with Crippen LogP contribution < -0.4 is 0 Å². The van der Waals surface area contributed by atoms with Crippen molar-refractivity contribution in [1.29, 1.82) is 0 Å². The SMILES string of the molecule is c1ccc(-c2ccc(-c3c4ccccc4c(-c4ccc5c(ccc6ccc7nc(-c8ccccc8)oc7c65)c4)c4ccccc34)cc2)cc1. The molecule has 0 aliphatic carbocycles. The van der Waals surface area contributed by atoms with Crippen molar-refractivity contribution < 1.29 is 4.42 Å². The van der Waals surface area contributed by atoms with E-state index in [1.165, 1.54) is 60.3 Å². The van der Waals surface area contributed by atoms with Gasteiger partial charge in [0.2, 0.25) is 5.89 Å². The summed E-state index contributed by atoms with van der Waals surface area (Å²) in [5.74, 6) is 0.643. The quantitative estimate of drug-likeness (QED) is 0.144. The van der Waals surface area contributed by atoms with Gasteiger partial charge in [-0.15, -0.1) is 0 Å². The molecule has 0 bridgehead atoms. The van der Waals surface area contributed by atoms with Gasteiger partial charge in [0.05, 0.1) is 0 Å². The predicted octanol–water partition coefficient (Wildman–Crippen LogP) is 13.1. The second-order valence-electron chi connectivity index (χ2n) is 12.7. The van der Waals surface area contributed by atoms with Crippen LogP contribution in [0.25, 0.3) is 99.0 Å². The minimum absolute atomic E-state index is 0.643. The fourth-order valence-corrected chi connectivity index (χ4v) is 7.60. The molecule has 0 aliphatic heterocycles. The molecule has 10 aromatic rings. The summed E-state index contributed by atoms with van der Waals surface area (Å²) in [7, 11) is 0. The van der Waals surface area contributed by atoms with Crippen molar-refractivity contribution in [2.24, 2.45) is 0 Å². The van der Waals surface area contributed by atoms with Crippen molar-refractivity contribution in [3.63, 3.8) is 0 Å². The first-order valence-corrected chi connectivity index (χ1v) is 16.7. The number of rotatable bonds is 4. The Morgan fingerprint density at radius 2 is 0.837 bits per heavy atom. The molecular formula is C47H29NO. The molecule has 0 saturated carbocycles. The molecule has 2 nitrogen and oxygen atoms in total. The smallest absolute Gasteiger partial charge is 0.227 e. The fraction of sp³-hybridized carbons (Fsp3) is 0. The Balaban J connectivity index is 1.17. The highest BCUT2D eigenvalue weighted by molar-refractivity contribution is 6.23. The van der Waals surface area contributed by atoms with Gasteiger partial charge in [-0.05, 0) is 95.3 Å². The molecule has 0 fully saturated rings. The van der Waals surface area contributed by atoms with Gasteiger partial charge < -0.3 is 4.42 Å². The summed E-state index contributed by atoms with van der Waals surface area (Å²) in [6.07, 6.45) is 0. The van der Waals surface area contributed by atoms with Crippen LogP contribution in [0.4, 0.5) is 0 Å². The number of oxazole rings is 1. The second-order valence-corrected chi connectivity index (χ2v) is 12.7. The van der Waals surface area contributed by atoms with E-state index in [9.17, 15) is 0 Å². The van der Waals surface area contributed by atoms with E-state index in [1.807, 2.05) is 30.3 Å². The lowest BCUT2D eigenvalue weighted by atomic mass is 9.85. The molecule has 2 heteroatoms. The number of nitrogens with zero attached hydrogens (tertiary/aromatic N) is 1. The van der Waals surface area contributed by atoms with Crippen molar-refractivity contribution in [2.45, 2.75) is 0 Å². The third-order valence-corrected chi connectivity index (χ3v) is 9.87. The largest absolute Gasteiger partial charge is 0.435 e. The van der Waals surface area contributed by atoms with Crippen LogP contribution in [0.5, 0.6) is 0 Å². The predicted molar refractivity (Wildman–Crippen MR) is 206 cm³/mol. The summed E-state index contributed by atoms with van der Waals surface area (Å²) < 4.78 is 6.48. The van der Waals surface area contributed by atoms with Crippen LogP contribution in [-0.2, 0) is 0 Å². The number of aromatic nitrogens is 1. The lowest BCUT2D eigenvalue weighted by Crippen LogP contribution is -1.91. The highest BCUT2D eigenvalue weighted by Gasteiger charge is 2.18. The Bertz CT molecular complexity index is 2790. The molecular weight excluding hydrogens is 595 g/mol. The minimum atomic E-state index is 0.643. The lowest BCUT2D eigenvalue weighted by Gasteiger charge is -2.18. The van der Waals surface area contributed by atoms with Crippen LogP contribution in [0.15, 0.2) is 180 Å². The van der Waals surface area contributed by atoms with E-state index in [-0.39, 0.29) is 0 Å². The van der Waals surface area contributed by atoms with Gasteiger partial charge in [-0.1, -0.05) is 152 Å². The summed E-state index contributed by atoms with van der Waals surface area (Å²) in [5.41, 5.74) is 10.0. The first kappa shape index (κ1) is 27.6. The van der Waals surface area contributed by atoms with Crippen molar-refractivity contribution in [1.82, 2.24) is 4.98 Å². The Morgan fingerprint density at radius 3 is 1.49 bits per heavy atom. The Morgan fingerprint density at radius 1 is 0.347 bits per heavy atom. The van der Waals surface area contributed by atoms with Crippen molar-refractivity contribution in [3.05, 3.63) is 176 Å². The number of benzene rings is 9. The maximum absolute atomic E-state index is 6.48. The van der Waals surface area contributed by atoms with Gasteiger partial charge in [0.25, 0.3) is 0 Å². The maximum atomic E-state index is 6.48. The van der Waals surface area contributed by atoms with Crippen LogP contribution in [-0.4, -0.2) is 4.98 Å². The van der Waals surface area contributed by atoms with Gasteiger partial charge in [0, 0.05) is 10.9 Å². The second kappa shape index (κ2) is 11.0. The van der Waals surface area contributed by atoms with Crippen LogP contribution in [0.1, 0.15) is 0 Å². The van der Waals surface area contributed by atoms with Crippen LogP contribution in [0.2, 0.25) is 0 Å². The average Bonchev–Trinajstić information content (AvgIpc) is 3.62. The Hall–Kier alpha value is -6.51. The van der Waals surface area contributed by atoms with Crippen molar-refractivity contribution in [3.8, 4) is 44.8 Å². The third-order valence-electron chi connectivity index (χ3n) is 9.87. The molecule has 0 spiro atoms. The highest BCUT2D eigenvalue weighted by Crippen LogP contribution is 2.45. The zero-order valence-electron chi connectivity index (χ0n) is 26.6. The van der Waals surface area contributed by atoms with E-state index >= 15 is 0 Å². The van der Waals surface area contributed by atoms with E-state index < -0.39 is 0 Å². The molecule has 0 amide bonds. The fourth-order valence-electron chi connectivity index (χ4n) is 7.60. The van der Waals surface area contributed by atoms with Gasteiger partial charge >= 0.3 is 0 Å². The molecule has 10 rings (SSSR count). The minimum Gasteiger partial charge on any atom is -0.435 e. The van der Waals surface area contributed by atoms with E-state index in [4.69, 9.17) is 9.40 Å². The molecule has 0 aliphatic rings. The number of hydrogen-bond acceptors (Lipinski definition) is 2. The normalized spacial score (nSPS) is 11.7. The van der Waals surface area contributed by atoms with E-state index in [0.717, 1.165) is 32.8 Å². The van der Waals surface area contributed by atoms with E-state index in [1.54, 1.807) is 0 Å². The van der Waals surface area contributed by atoms with Crippen LogP contribution >= 0.6 is 0 Å². The standard InChI is InChI=1S/C47H29NO/c1-3-11-30(12-4-1)31-19-21-32(22-20-31)43-38-15-7-9-17-40(38)44(41-18-10-8-16-39(41)43)36-25-27-37-35(29-36)24-23-33-26-28-42-46(45(33)37)49-47(48-42)34-13-5-2-6-14-34/h1-29H. The zero-order chi connectivity index (χ0) is 32.3. The summed E-state index contributed by atoms with van der Waals surface area (Å²) >= 11 is 0. The summed E-state index contributed by atoms with van der Waals surface area (Å²) in [5, 5.41) is 9.55. The van der Waals surface area contributed by atoms with Crippen molar-refractivity contribution in [2.75, 3.05) is 0 Å². The van der Waals surface area contributed by atoms with Gasteiger partial charge in [0.15, 0.2) is 5.58 Å². The molecule has 1 heterocycles. The summed E-state index contributed by atoms with van der Waals surface area (Å²) in [6, 6.07) is 62.9. The molecule has 0 atom stereocenters. The summed E-state index contributed by atoms with van der Waals surface area (Å²) in [4.78, 5) is 4.86. The van der Waals surface area contributed by atoms with Crippen molar-refractivity contribution >= 4 is 54.2 Å². The number of fused-ring (bicyclic) bond motifs is 7.